The average molecular weight is 363 g/mol. The Kier molecular flexibility index (Phi) is 6.05. The fourth-order valence-electron chi connectivity index (χ4n) is 2.79. The summed E-state index contributed by atoms with van der Waals surface area (Å²) in [5.74, 6) is 0.846. The number of benzene rings is 2. The minimum Gasteiger partial charge on any atom is -0.493 e. The molecular formula is C22H21NO4. The third-order valence-electron chi connectivity index (χ3n) is 4.10. The minimum absolute atomic E-state index is 0.122. The lowest BCUT2D eigenvalue weighted by Crippen LogP contribution is -2.15. The predicted octanol–water partition coefficient (Wildman–Crippen LogP) is 3.97. The maximum absolute atomic E-state index is 12.6. The van der Waals surface area contributed by atoms with Gasteiger partial charge in [-0.05, 0) is 35.4 Å². The number of hydrogen-bond donors (Lipinski definition) is 0. The van der Waals surface area contributed by atoms with Crippen LogP contribution in [0.5, 0.6) is 11.5 Å². The molecule has 0 amide bonds. The normalized spacial score (nSPS) is 11.5. The zero-order valence-electron chi connectivity index (χ0n) is 15.3. The SMILES string of the molecule is COc1ccc(CC(=O)OC(c2ccccc2)c2ccccn2)cc1OC. The molecule has 3 aromatic rings. The molecule has 0 N–H and O–H groups in total. The van der Waals surface area contributed by atoms with Crippen molar-refractivity contribution in [1.82, 2.24) is 4.98 Å². The zero-order chi connectivity index (χ0) is 19.1. The summed E-state index contributed by atoms with van der Waals surface area (Å²) in [5.41, 5.74) is 2.34. The number of esters is 1. The Hall–Kier alpha value is -3.34. The van der Waals surface area contributed by atoms with Gasteiger partial charge in [-0.2, -0.15) is 0 Å². The number of methoxy groups -OCH3 is 2. The van der Waals surface area contributed by atoms with E-state index in [0.717, 1.165) is 11.1 Å². The zero-order valence-corrected chi connectivity index (χ0v) is 15.3. The van der Waals surface area contributed by atoms with Crippen LogP contribution in [0.15, 0.2) is 72.9 Å². The Balaban J connectivity index is 1.79. The Labute approximate surface area is 158 Å². The molecule has 0 aliphatic heterocycles. The number of hydrogen-bond acceptors (Lipinski definition) is 5. The van der Waals surface area contributed by atoms with Crippen molar-refractivity contribution >= 4 is 5.97 Å². The Morgan fingerprint density at radius 3 is 2.33 bits per heavy atom. The second-order valence-electron chi connectivity index (χ2n) is 5.90. The number of carbonyl (C=O) groups excluding carboxylic acids is 1. The number of nitrogens with zero attached hydrogens (tertiary/aromatic N) is 1. The summed E-state index contributed by atoms with van der Waals surface area (Å²) in [6, 6.07) is 20.5. The van der Waals surface area contributed by atoms with Crippen LogP contribution in [0.2, 0.25) is 0 Å². The second kappa shape index (κ2) is 8.85. The van der Waals surface area contributed by atoms with E-state index >= 15 is 0 Å². The molecule has 0 aliphatic rings. The van der Waals surface area contributed by atoms with E-state index in [2.05, 4.69) is 4.98 Å². The lowest BCUT2D eigenvalue weighted by molar-refractivity contribution is -0.146. The molecule has 0 radical (unpaired) electrons. The van der Waals surface area contributed by atoms with Crippen LogP contribution in [-0.4, -0.2) is 25.2 Å². The van der Waals surface area contributed by atoms with Gasteiger partial charge < -0.3 is 14.2 Å². The molecule has 5 heteroatoms. The largest absolute Gasteiger partial charge is 0.493 e. The van der Waals surface area contributed by atoms with Gasteiger partial charge >= 0.3 is 5.97 Å². The van der Waals surface area contributed by atoms with Crippen molar-refractivity contribution in [2.45, 2.75) is 12.5 Å². The molecule has 0 aliphatic carbocycles. The van der Waals surface area contributed by atoms with E-state index < -0.39 is 6.10 Å². The van der Waals surface area contributed by atoms with Crippen molar-refractivity contribution in [2.24, 2.45) is 0 Å². The Bertz CT molecular complexity index is 842. The first kappa shape index (κ1) is 18.5. The highest BCUT2D eigenvalue weighted by Crippen LogP contribution is 2.29. The molecular weight excluding hydrogens is 342 g/mol. The topological polar surface area (TPSA) is 57.7 Å². The van der Waals surface area contributed by atoms with Gasteiger partial charge in [0.2, 0.25) is 0 Å². The van der Waals surface area contributed by atoms with E-state index in [1.165, 1.54) is 0 Å². The molecule has 2 aromatic carbocycles. The van der Waals surface area contributed by atoms with Gasteiger partial charge in [0.25, 0.3) is 0 Å². The van der Waals surface area contributed by atoms with Crippen molar-refractivity contribution < 1.29 is 19.0 Å². The third kappa shape index (κ3) is 4.64. The molecule has 5 nitrogen and oxygen atoms in total. The Morgan fingerprint density at radius 1 is 0.926 bits per heavy atom. The number of aromatic nitrogens is 1. The third-order valence-corrected chi connectivity index (χ3v) is 4.10. The second-order valence-corrected chi connectivity index (χ2v) is 5.90. The van der Waals surface area contributed by atoms with Crippen LogP contribution < -0.4 is 9.47 Å². The lowest BCUT2D eigenvalue weighted by atomic mass is 10.1. The van der Waals surface area contributed by atoms with E-state index in [9.17, 15) is 4.79 Å². The smallest absolute Gasteiger partial charge is 0.311 e. The van der Waals surface area contributed by atoms with Gasteiger partial charge in [-0.15, -0.1) is 0 Å². The van der Waals surface area contributed by atoms with Crippen LogP contribution in [0.25, 0.3) is 0 Å². The first-order valence-corrected chi connectivity index (χ1v) is 8.57. The molecule has 0 saturated carbocycles. The highest BCUT2D eigenvalue weighted by Gasteiger charge is 2.20. The van der Waals surface area contributed by atoms with Crippen LogP contribution >= 0.6 is 0 Å². The minimum atomic E-state index is -0.556. The lowest BCUT2D eigenvalue weighted by Gasteiger charge is -2.18. The van der Waals surface area contributed by atoms with Gasteiger partial charge in [0.15, 0.2) is 17.6 Å². The summed E-state index contributed by atoms with van der Waals surface area (Å²) in [6.45, 7) is 0. The van der Waals surface area contributed by atoms with E-state index in [4.69, 9.17) is 14.2 Å². The molecule has 138 valence electrons. The average Bonchev–Trinajstić information content (AvgIpc) is 2.73. The van der Waals surface area contributed by atoms with Gasteiger partial charge in [0, 0.05) is 6.20 Å². The first-order chi connectivity index (χ1) is 13.2. The highest BCUT2D eigenvalue weighted by molar-refractivity contribution is 5.73. The molecule has 0 bridgehead atoms. The predicted molar refractivity (Wildman–Crippen MR) is 102 cm³/mol. The fraction of sp³-hybridized carbons (Fsp3) is 0.182. The summed E-state index contributed by atoms with van der Waals surface area (Å²) in [5, 5.41) is 0. The molecule has 1 aromatic heterocycles. The summed E-state index contributed by atoms with van der Waals surface area (Å²) >= 11 is 0. The number of ether oxygens (including phenoxy) is 3. The van der Waals surface area contributed by atoms with Crippen LogP contribution in [0.4, 0.5) is 0 Å². The van der Waals surface area contributed by atoms with Crippen molar-refractivity contribution in [3.63, 3.8) is 0 Å². The summed E-state index contributed by atoms with van der Waals surface area (Å²) in [7, 11) is 3.13. The van der Waals surface area contributed by atoms with E-state index in [-0.39, 0.29) is 12.4 Å². The van der Waals surface area contributed by atoms with E-state index in [0.29, 0.717) is 17.2 Å². The van der Waals surface area contributed by atoms with Crippen LogP contribution in [0.3, 0.4) is 0 Å². The van der Waals surface area contributed by atoms with E-state index in [1.54, 1.807) is 32.5 Å². The summed E-state index contributed by atoms with van der Waals surface area (Å²) in [4.78, 5) is 17.0. The van der Waals surface area contributed by atoms with Crippen LogP contribution in [-0.2, 0) is 16.0 Å². The fourth-order valence-corrected chi connectivity index (χ4v) is 2.79. The van der Waals surface area contributed by atoms with Crippen molar-refractivity contribution in [3.8, 4) is 11.5 Å². The monoisotopic (exact) mass is 363 g/mol. The molecule has 0 saturated heterocycles. The molecule has 1 heterocycles. The maximum atomic E-state index is 12.6. The summed E-state index contributed by atoms with van der Waals surface area (Å²) < 4.78 is 16.3. The number of pyridine rings is 1. The highest BCUT2D eigenvalue weighted by atomic mass is 16.5. The van der Waals surface area contributed by atoms with Gasteiger partial charge in [-0.3, -0.25) is 9.78 Å². The van der Waals surface area contributed by atoms with Gasteiger partial charge in [-0.1, -0.05) is 42.5 Å². The van der Waals surface area contributed by atoms with Crippen molar-refractivity contribution in [1.29, 1.82) is 0 Å². The van der Waals surface area contributed by atoms with E-state index in [1.807, 2.05) is 54.6 Å². The first-order valence-electron chi connectivity index (χ1n) is 8.57. The summed E-state index contributed by atoms with van der Waals surface area (Å²) in [6.07, 6.45) is 1.25. The van der Waals surface area contributed by atoms with Crippen LogP contribution in [0.1, 0.15) is 22.9 Å². The number of rotatable bonds is 7. The molecule has 1 unspecified atom stereocenters. The quantitative estimate of drug-likeness (QED) is 0.595. The standard InChI is InChI=1S/C22H21NO4/c1-25-19-12-11-16(14-20(19)26-2)15-21(24)27-22(17-8-4-3-5-9-17)18-10-6-7-13-23-18/h3-14,22H,15H2,1-2H3. The van der Waals surface area contributed by atoms with Crippen molar-refractivity contribution in [2.75, 3.05) is 14.2 Å². The molecule has 27 heavy (non-hydrogen) atoms. The maximum Gasteiger partial charge on any atom is 0.311 e. The number of carbonyl (C=O) groups is 1. The van der Waals surface area contributed by atoms with Gasteiger partial charge in [0.1, 0.15) is 0 Å². The van der Waals surface area contributed by atoms with Crippen LogP contribution in [0, 0.1) is 0 Å². The van der Waals surface area contributed by atoms with Crippen molar-refractivity contribution in [3.05, 3.63) is 89.7 Å². The molecule has 3 rings (SSSR count). The molecule has 0 spiro atoms. The molecule has 0 fully saturated rings. The Morgan fingerprint density at radius 2 is 1.67 bits per heavy atom. The van der Waals surface area contributed by atoms with Gasteiger partial charge in [-0.25, -0.2) is 0 Å². The molecule has 1 atom stereocenters. The van der Waals surface area contributed by atoms with Gasteiger partial charge in [0.05, 0.1) is 26.3 Å².